The van der Waals surface area contributed by atoms with Crippen molar-refractivity contribution < 1.29 is 4.79 Å². The predicted octanol–water partition coefficient (Wildman–Crippen LogP) is 0.729. The lowest BCUT2D eigenvalue weighted by molar-refractivity contribution is -0.124. The second kappa shape index (κ2) is 6.36. The van der Waals surface area contributed by atoms with Gasteiger partial charge in [-0.2, -0.15) is 0 Å². The fourth-order valence-corrected chi connectivity index (χ4v) is 2.77. The molecule has 4 heteroatoms. The van der Waals surface area contributed by atoms with E-state index in [1.54, 1.807) is 0 Å². The molecule has 1 atom stereocenters. The molecule has 4 nitrogen and oxygen atoms in total. The van der Waals surface area contributed by atoms with Gasteiger partial charge in [-0.3, -0.25) is 4.79 Å². The molecule has 2 rings (SSSR count). The summed E-state index contributed by atoms with van der Waals surface area (Å²) in [6.45, 7) is 6.57. The lowest BCUT2D eigenvalue weighted by Gasteiger charge is -2.33. The van der Waals surface area contributed by atoms with Crippen LogP contribution < -0.4 is 10.6 Å². The van der Waals surface area contributed by atoms with E-state index in [9.17, 15) is 4.79 Å². The molecule has 0 spiro atoms. The predicted molar refractivity (Wildman–Crippen MR) is 68.9 cm³/mol. The van der Waals surface area contributed by atoms with Gasteiger partial charge in [0.1, 0.15) is 0 Å². The van der Waals surface area contributed by atoms with Crippen molar-refractivity contribution in [1.29, 1.82) is 0 Å². The van der Waals surface area contributed by atoms with Crippen LogP contribution in [0, 0.1) is 0 Å². The summed E-state index contributed by atoms with van der Waals surface area (Å²) in [5.74, 6) is 0.222. The van der Waals surface area contributed by atoms with Gasteiger partial charge in [-0.15, -0.1) is 0 Å². The quantitative estimate of drug-likeness (QED) is 0.763. The Morgan fingerprint density at radius 1 is 1.29 bits per heavy atom. The molecular weight excluding hydrogens is 214 g/mol. The maximum atomic E-state index is 12.0. The van der Waals surface area contributed by atoms with Crippen molar-refractivity contribution in [2.45, 2.75) is 51.1 Å². The molecule has 2 aliphatic heterocycles. The van der Waals surface area contributed by atoms with Crippen molar-refractivity contribution >= 4 is 5.91 Å². The van der Waals surface area contributed by atoms with Crippen molar-refractivity contribution in [2.24, 2.45) is 0 Å². The first-order chi connectivity index (χ1) is 8.29. The molecule has 2 N–H and O–H groups in total. The van der Waals surface area contributed by atoms with Gasteiger partial charge in [0.05, 0.1) is 6.04 Å². The monoisotopic (exact) mass is 239 g/mol. The van der Waals surface area contributed by atoms with E-state index in [4.69, 9.17) is 0 Å². The molecule has 0 aromatic rings. The smallest absolute Gasteiger partial charge is 0.237 e. The maximum Gasteiger partial charge on any atom is 0.237 e. The molecule has 17 heavy (non-hydrogen) atoms. The number of piperidine rings is 2. The summed E-state index contributed by atoms with van der Waals surface area (Å²) >= 11 is 0. The van der Waals surface area contributed by atoms with Crippen LogP contribution in [-0.4, -0.2) is 49.1 Å². The Kier molecular flexibility index (Phi) is 4.80. The van der Waals surface area contributed by atoms with Crippen molar-refractivity contribution in [3.63, 3.8) is 0 Å². The van der Waals surface area contributed by atoms with Crippen LogP contribution in [-0.2, 0) is 4.79 Å². The molecule has 0 bridgehead atoms. The Bertz CT molecular complexity index is 243. The molecule has 1 amide bonds. The summed E-state index contributed by atoms with van der Waals surface area (Å²) in [6, 6.07) is 0.460. The average Bonchev–Trinajstić information content (AvgIpc) is 2.40. The highest BCUT2D eigenvalue weighted by molar-refractivity contribution is 5.82. The third-order valence-electron chi connectivity index (χ3n) is 4.01. The zero-order chi connectivity index (χ0) is 12.1. The minimum absolute atomic E-state index is 0.0629. The highest BCUT2D eigenvalue weighted by Gasteiger charge is 2.24. The van der Waals surface area contributed by atoms with Crippen LogP contribution >= 0.6 is 0 Å². The van der Waals surface area contributed by atoms with E-state index in [1.807, 2.05) is 0 Å². The second-order valence-corrected chi connectivity index (χ2v) is 5.22. The molecular formula is C13H25N3O. The molecule has 0 aliphatic carbocycles. The molecule has 0 aromatic carbocycles. The first-order valence-electron chi connectivity index (χ1n) is 7.05. The van der Waals surface area contributed by atoms with E-state index in [1.165, 1.54) is 12.8 Å². The van der Waals surface area contributed by atoms with Gasteiger partial charge >= 0.3 is 0 Å². The molecule has 2 aliphatic rings. The topological polar surface area (TPSA) is 44.4 Å². The molecule has 0 saturated carbocycles. The van der Waals surface area contributed by atoms with Gasteiger partial charge in [0, 0.05) is 19.1 Å². The number of carbonyl (C=O) groups is 1. The summed E-state index contributed by atoms with van der Waals surface area (Å²) in [4.78, 5) is 14.5. The molecule has 2 fully saturated rings. The lowest BCUT2D eigenvalue weighted by Crippen LogP contribution is -2.52. The van der Waals surface area contributed by atoms with Gasteiger partial charge in [-0.25, -0.2) is 0 Å². The van der Waals surface area contributed by atoms with Crippen LogP contribution in [0.4, 0.5) is 0 Å². The van der Waals surface area contributed by atoms with Gasteiger partial charge in [0.25, 0.3) is 0 Å². The third kappa shape index (κ3) is 3.68. The number of nitrogens with zero attached hydrogens (tertiary/aromatic N) is 1. The number of likely N-dealkylation sites (tertiary alicyclic amines) is 1. The average molecular weight is 239 g/mol. The molecule has 0 unspecified atom stereocenters. The molecule has 98 valence electrons. The van der Waals surface area contributed by atoms with E-state index in [2.05, 4.69) is 22.5 Å². The Morgan fingerprint density at radius 2 is 2.06 bits per heavy atom. The van der Waals surface area contributed by atoms with Crippen molar-refractivity contribution in [3.05, 3.63) is 0 Å². The first kappa shape index (κ1) is 12.8. The number of hydrogen-bond donors (Lipinski definition) is 2. The van der Waals surface area contributed by atoms with Gasteiger partial charge in [0.2, 0.25) is 5.91 Å². The number of amides is 1. The van der Waals surface area contributed by atoms with Crippen LogP contribution in [0.25, 0.3) is 0 Å². The number of rotatable bonds is 3. The number of carbonyl (C=O) groups excluding carboxylic acids is 1. The Hall–Kier alpha value is -0.610. The first-order valence-corrected chi connectivity index (χ1v) is 7.05. The number of nitrogens with one attached hydrogen (secondary N) is 2. The SMILES string of the molecule is CCN1CCC(NC(=O)[C@@H]2CCCCN2)CC1. The Balaban J connectivity index is 1.71. The van der Waals surface area contributed by atoms with Crippen LogP contribution in [0.15, 0.2) is 0 Å². The fraction of sp³-hybridized carbons (Fsp3) is 0.923. The lowest BCUT2D eigenvalue weighted by atomic mass is 10.0. The Labute approximate surface area is 104 Å². The van der Waals surface area contributed by atoms with E-state index >= 15 is 0 Å². The highest BCUT2D eigenvalue weighted by Crippen LogP contribution is 2.12. The molecule has 2 heterocycles. The van der Waals surface area contributed by atoms with Crippen molar-refractivity contribution in [1.82, 2.24) is 15.5 Å². The zero-order valence-electron chi connectivity index (χ0n) is 10.9. The maximum absolute atomic E-state index is 12.0. The normalized spacial score (nSPS) is 27.9. The summed E-state index contributed by atoms with van der Waals surface area (Å²) < 4.78 is 0. The standard InChI is InChI=1S/C13H25N3O/c1-2-16-9-6-11(7-10-16)15-13(17)12-5-3-4-8-14-12/h11-12,14H,2-10H2,1H3,(H,15,17)/t12-/m0/s1. The number of hydrogen-bond acceptors (Lipinski definition) is 3. The molecule has 0 aromatic heterocycles. The van der Waals surface area contributed by atoms with Crippen LogP contribution in [0.5, 0.6) is 0 Å². The van der Waals surface area contributed by atoms with Gasteiger partial charge < -0.3 is 15.5 Å². The van der Waals surface area contributed by atoms with Crippen molar-refractivity contribution in [2.75, 3.05) is 26.2 Å². The summed E-state index contributed by atoms with van der Waals surface area (Å²) in [5, 5.41) is 6.51. The molecule has 0 radical (unpaired) electrons. The largest absolute Gasteiger partial charge is 0.352 e. The Morgan fingerprint density at radius 3 is 2.65 bits per heavy atom. The fourth-order valence-electron chi connectivity index (χ4n) is 2.77. The van der Waals surface area contributed by atoms with Crippen molar-refractivity contribution in [3.8, 4) is 0 Å². The van der Waals surface area contributed by atoms with Gasteiger partial charge in [-0.1, -0.05) is 13.3 Å². The third-order valence-corrected chi connectivity index (χ3v) is 4.01. The van der Waals surface area contributed by atoms with E-state index in [-0.39, 0.29) is 11.9 Å². The van der Waals surface area contributed by atoms with Crippen LogP contribution in [0.1, 0.15) is 39.0 Å². The summed E-state index contributed by atoms with van der Waals surface area (Å²) in [5.41, 5.74) is 0. The minimum Gasteiger partial charge on any atom is -0.352 e. The summed E-state index contributed by atoms with van der Waals surface area (Å²) in [6.07, 6.45) is 5.59. The van der Waals surface area contributed by atoms with Gasteiger partial charge in [-0.05, 0) is 38.8 Å². The van der Waals surface area contributed by atoms with Gasteiger partial charge in [0.15, 0.2) is 0 Å². The van der Waals surface area contributed by atoms with E-state index < -0.39 is 0 Å². The van der Waals surface area contributed by atoms with Crippen LogP contribution in [0.2, 0.25) is 0 Å². The van der Waals surface area contributed by atoms with E-state index in [0.29, 0.717) is 6.04 Å². The summed E-state index contributed by atoms with van der Waals surface area (Å²) in [7, 11) is 0. The minimum atomic E-state index is 0.0629. The highest BCUT2D eigenvalue weighted by atomic mass is 16.2. The molecule has 2 saturated heterocycles. The van der Waals surface area contributed by atoms with E-state index in [0.717, 1.165) is 45.4 Å². The zero-order valence-corrected chi connectivity index (χ0v) is 10.9. The second-order valence-electron chi connectivity index (χ2n) is 5.22. The van der Waals surface area contributed by atoms with Crippen LogP contribution in [0.3, 0.4) is 0 Å².